The predicted molar refractivity (Wildman–Crippen MR) is 148 cm³/mol. The number of alkyl halides is 3. The minimum atomic E-state index is -4.87. The number of halogens is 3. The van der Waals surface area contributed by atoms with Crippen molar-refractivity contribution in [1.82, 2.24) is 9.97 Å². The lowest BCUT2D eigenvalue weighted by Crippen LogP contribution is -2.50. The number of aliphatic hydroxyl groups is 1. The number of rotatable bonds is 7. The van der Waals surface area contributed by atoms with Crippen molar-refractivity contribution in [2.24, 2.45) is 0 Å². The number of H-pyrrole nitrogens is 1. The van der Waals surface area contributed by atoms with Crippen LogP contribution in [0.4, 0.5) is 19.0 Å². The maximum Gasteiger partial charge on any atom is 0.417 e. The van der Waals surface area contributed by atoms with E-state index < -0.39 is 30.0 Å². The van der Waals surface area contributed by atoms with E-state index in [9.17, 15) is 23.5 Å². The molecule has 2 aromatic carbocycles. The van der Waals surface area contributed by atoms with E-state index >= 15 is 0 Å². The third kappa shape index (κ3) is 5.55. The Hall–Kier alpha value is -3.87. The van der Waals surface area contributed by atoms with Crippen molar-refractivity contribution < 1.29 is 23.0 Å². The lowest BCUT2D eigenvalue weighted by Gasteiger charge is -2.38. The molecule has 1 aliphatic rings. The first-order valence-electron chi connectivity index (χ1n) is 13.2. The van der Waals surface area contributed by atoms with Crippen molar-refractivity contribution in [1.29, 1.82) is 5.26 Å². The molecule has 6 nitrogen and oxygen atoms in total. The molecule has 0 amide bonds. The Morgan fingerprint density at radius 1 is 1.05 bits per heavy atom. The van der Waals surface area contributed by atoms with Gasteiger partial charge in [-0.2, -0.15) is 18.4 Å². The normalized spacial score (nSPS) is 16.1. The minimum absolute atomic E-state index is 0.281. The highest BCUT2D eigenvalue weighted by atomic mass is 19.4. The fraction of sp³-hybridized carbons (Fsp3) is 0.355. The van der Waals surface area contributed by atoms with Gasteiger partial charge in [0.05, 0.1) is 36.6 Å². The van der Waals surface area contributed by atoms with Crippen molar-refractivity contribution in [3.63, 3.8) is 0 Å². The number of nitrogens with zero attached hydrogens (tertiary/aromatic N) is 3. The van der Waals surface area contributed by atoms with Crippen molar-refractivity contribution in [2.75, 3.05) is 31.2 Å². The zero-order chi connectivity index (χ0) is 28.5. The summed E-state index contributed by atoms with van der Waals surface area (Å²) in [6.45, 7) is 5.98. The third-order valence-corrected chi connectivity index (χ3v) is 7.63. The number of fused-ring (bicyclic) bond motifs is 1. The minimum Gasteiger partial charge on any atom is -0.380 e. The second kappa shape index (κ2) is 10.6. The quantitative estimate of drug-likeness (QED) is 0.290. The van der Waals surface area contributed by atoms with Crippen LogP contribution in [0.15, 0.2) is 66.9 Å². The molecule has 5 rings (SSSR count). The van der Waals surface area contributed by atoms with Crippen molar-refractivity contribution in [2.45, 2.75) is 43.9 Å². The molecule has 2 N–H and O–H groups in total. The van der Waals surface area contributed by atoms with Crippen molar-refractivity contribution >= 4 is 16.7 Å². The number of pyridine rings is 1. The van der Waals surface area contributed by atoms with Crippen LogP contribution in [0.25, 0.3) is 22.0 Å². The van der Waals surface area contributed by atoms with Gasteiger partial charge in [-0.1, -0.05) is 56.3 Å². The number of morpholine rings is 1. The second-order valence-electron chi connectivity index (χ2n) is 11.0. The van der Waals surface area contributed by atoms with Crippen LogP contribution in [0.1, 0.15) is 37.1 Å². The summed E-state index contributed by atoms with van der Waals surface area (Å²) >= 11 is 0. The van der Waals surface area contributed by atoms with Gasteiger partial charge in [-0.3, -0.25) is 0 Å². The summed E-state index contributed by atoms with van der Waals surface area (Å²) in [5.41, 5.74) is -0.583. The van der Waals surface area contributed by atoms with Crippen LogP contribution in [0.5, 0.6) is 0 Å². The van der Waals surface area contributed by atoms with Crippen molar-refractivity contribution in [3.05, 3.63) is 83.7 Å². The van der Waals surface area contributed by atoms with Crippen LogP contribution < -0.4 is 4.90 Å². The largest absolute Gasteiger partial charge is 0.417 e. The Morgan fingerprint density at radius 3 is 2.52 bits per heavy atom. The number of anilines is 1. The molecule has 0 aliphatic carbocycles. The van der Waals surface area contributed by atoms with Gasteiger partial charge < -0.3 is 19.7 Å². The smallest absolute Gasteiger partial charge is 0.380 e. The number of nitrogens with one attached hydrogen (secondary N) is 1. The molecule has 0 saturated carbocycles. The number of benzene rings is 2. The summed E-state index contributed by atoms with van der Waals surface area (Å²) in [5, 5.41) is 21.5. The topological polar surface area (TPSA) is 85.2 Å². The molecule has 0 bridgehead atoms. The molecular weight excluding hydrogens is 517 g/mol. The highest BCUT2D eigenvalue weighted by molar-refractivity contribution is 5.82. The van der Waals surface area contributed by atoms with Gasteiger partial charge in [0.2, 0.25) is 0 Å². The lowest BCUT2D eigenvalue weighted by molar-refractivity contribution is -0.266. The van der Waals surface area contributed by atoms with Gasteiger partial charge >= 0.3 is 6.18 Å². The number of ether oxygens (including phenoxy) is 1. The van der Waals surface area contributed by atoms with E-state index in [-0.39, 0.29) is 5.69 Å². The van der Waals surface area contributed by atoms with Crippen LogP contribution in [0.3, 0.4) is 0 Å². The first kappa shape index (κ1) is 27.7. The van der Waals surface area contributed by atoms with Gasteiger partial charge in [0.25, 0.3) is 0 Å². The maximum atomic E-state index is 14.5. The molecule has 4 aromatic rings. The van der Waals surface area contributed by atoms with Crippen LogP contribution in [0, 0.1) is 11.3 Å². The number of hydrogen-bond acceptors (Lipinski definition) is 5. The second-order valence-corrected chi connectivity index (χ2v) is 11.0. The number of aromatic amines is 1. The summed E-state index contributed by atoms with van der Waals surface area (Å²) in [6.07, 6.45) is -4.44. The van der Waals surface area contributed by atoms with Gasteiger partial charge in [-0.25, -0.2) is 4.98 Å². The van der Waals surface area contributed by atoms with E-state index in [1.807, 2.05) is 24.3 Å². The Balaban J connectivity index is 1.43. The summed E-state index contributed by atoms with van der Waals surface area (Å²) in [6, 6.07) is 19.9. The molecule has 0 spiro atoms. The Labute approximate surface area is 231 Å². The Bertz CT molecular complexity index is 1550. The van der Waals surface area contributed by atoms with Crippen LogP contribution in [0.2, 0.25) is 0 Å². The summed E-state index contributed by atoms with van der Waals surface area (Å²) < 4.78 is 48.9. The van der Waals surface area contributed by atoms with E-state index in [2.05, 4.69) is 20.9 Å². The zero-order valence-corrected chi connectivity index (χ0v) is 22.4. The fourth-order valence-electron chi connectivity index (χ4n) is 5.49. The number of hydrogen-bond donors (Lipinski definition) is 2. The molecule has 9 heteroatoms. The van der Waals surface area contributed by atoms with Crippen LogP contribution >= 0.6 is 0 Å². The molecule has 1 fully saturated rings. The summed E-state index contributed by atoms with van der Waals surface area (Å²) in [4.78, 5) is 9.57. The van der Waals surface area contributed by atoms with Gasteiger partial charge in [-0.05, 0) is 46.7 Å². The van der Waals surface area contributed by atoms with Gasteiger partial charge in [0.1, 0.15) is 5.82 Å². The molecular formula is C31H31F3N4O2. The predicted octanol–water partition coefficient (Wildman–Crippen LogP) is 6.14. The van der Waals surface area contributed by atoms with E-state index in [0.29, 0.717) is 48.5 Å². The molecule has 40 heavy (non-hydrogen) atoms. The van der Waals surface area contributed by atoms with Gasteiger partial charge in [-0.15, -0.1) is 0 Å². The van der Waals surface area contributed by atoms with E-state index in [4.69, 9.17) is 4.74 Å². The van der Waals surface area contributed by atoms with Gasteiger partial charge in [0, 0.05) is 30.6 Å². The Morgan fingerprint density at radius 2 is 1.80 bits per heavy atom. The molecule has 2 aromatic heterocycles. The first-order chi connectivity index (χ1) is 19.0. The molecule has 1 unspecified atom stereocenters. The maximum absolute atomic E-state index is 14.5. The summed E-state index contributed by atoms with van der Waals surface area (Å²) in [5.74, 6) is 0.742. The van der Waals surface area contributed by atoms with E-state index in [0.717, 1.165) is 16.8 Å². The summed E-state index contributed by atoms with van der Waals surface area (Å²) in [7, 11) is 0. The highest BCUT2D eigenvalue weighted by Crippen LogP contribution is 2.44. The molecule has 1 saturated heterocycles. The standard InChI is InChI=1S/C31H31F3N4O2/c1-29(2,24-8-5-7-21(14-24)26-9-4-3-6-22(26)18-35)20-30(39,31(32,33)34)17-25-15-23-16-28(36-19-27(23)37-25)38-10-12-40-13-11-38/h3-9,14-16,19,37,39H,10-13,17,20H2,1-2H3. The van der Waals surface area contributed by atoms with E-state index in [1.54, 1.807) is 56.4 Å². The number of aromatic nitrogens is 2. The average Bonchev–Trinajstić information content (AvgIpc) is 3.34. The third-order valence-electron chi connectivity index (χ3n) is 7.63. The average molecular weight is 549 g/mol. The van der Waals surface area contributed by atoms with Crippen LogP contribution in [-0.2, 0) is 16.6 Å². The monoisotopic (exact) mass is 548 g/mol. The van der Waals surface area contributed by atoms with Crippen LogP contribution in [-0.4, -0.2) is 53.2 Å². The number of nitriles is 1. The molecule has 1 aliphatic heterocycles. The molecule has 208 valence electrons. The molecule has 1 atom stereocenters. The zero-order valence-electron chi connectivity index (χ0n) is 22.4. The molecule has 0 radical (unpaired) electrons. The first-order valence-corrected chi connectivity index (χ1v) is 13.2. The fourth-order valence-corrected chi connectivity index (χ4v) is 5.49. The highest BCUT2D eigenvalue weighted by Gasteiger charge is 2.56. The Kier molecular flexibility index (Phi) is 7.34. The van der Waals surface area contributed by atoms with Crippen molar-refractivity contribution in [3.8, 4) is 17.2 Å². The molecule has 3 heterocycles. The SMILES string of the molecule is CC(C)(CC(O)(Cc1cc2cc(N3CCOCC3)ncc2[nH]1)C(F)(F)F)c1cccc(-c2ccccc2C#N)c1. The van der Waals surface area contributed by atoms with E-state index in [1.165, 1.54) is 0 Å². The van der Waals surface area contributed by atoms with Gasteiger partial charge in [0.15, 0.2) is 5.60 Å². The lowest BCUT2D eigenvalue weighted by atomic mass is 9.73.